The van der Waals surface area contributed by atoms with Gasteiger partial charge in [-0.15, -0.1) is 0 Å². The fourth-order valence-corrected chi connectivity index (χ4v) is 4.38. The number of hydrogen-bond donors (Lipinski definition) is 0. The lowest BCUT2D eigenvalue weighted by Crippen LogP contribution is -2.45. The first-order valence-electron chi connectivity index (χ1n) is 11.1. The summed E-state index contributed by atoms with van der Waals surface area (Å²) in [6.07, 6.45) is 5.55. The maximum Gasteiger partial charge on any atom is 0.307 e. The van der Waals surface area contributed by atoms with E-state index in [0.29, 0.717) is 23.6 Å². The van der Waals surface area contributed by atoms with Crippen LogP contribution in [0.2, 0.25) is 0 Å². The Morgan fingerprint density at radius 1 is 1.16 bits per heavy atom. The van der Waals surface area contributed by atoms with Crippen LogP contribution in [0.15, 0.2) is 42.6 Å². The van der Waals surface area contributed by atoms with Crippen molar-refractivity contribution in [1.29, 1.82) is 0 Å². The number of nitrogens with zero attached hydrogens (tertiary/aromatic N) is 3. The van der Waals surface area contributed by atoms with Gasteiger partial charge in [0.15, 0.2) is 6.61 Å². The molecule has 3 heterocycles. The Balaban J connectivity index is 1.27. The predicted molar refractivity (Wildman–Crippen MR) is 119 cm³/mol. The van der Waals surface area contributed by atoms with E-state index in [0.717, 1.165) is 25.8 Å². The number of anilines is 1. The lowest BCUT2D eigenvalue weighted by molar-refractivity contribution is -0.143. The molecule has 170 valence electrons. The second-order valence-electron chi connectivity index (χ2n) is 8.21. The van der Waals surface area contributed by atoms with Crippen molar-refractivity contribution in [2.75, 3.05) is 31.2 Å². The molecule has 1 saturated heterocycles. The van der Waals surface area contributed by atoms with Crippen LogP contribution >= 0.6 is 0 Å². The summed E-state index contributed by atoms with van der Waals surface area (Å²) in [6.45, 7) is 1.20. The highest BCUT2D eigenvalue weighted by atomic mass is 16.5. The number of esters is 1. The minimum atomic E-state index is -0.349. The number of fused-ring (bicyclic) bond motifs is 1. The summed E-state index contributed by atoms with van der Waals surface area (Å²) in [5.41, 5.74) is 1.35. The smallest absolute Gasteiger partial charge is 0.307 e. The minimum absolute atomic E-state index is 0.0259. The van der Waals surface area contributed by atoms with Gasteiger partial charge in [-0.2, -0.15) is 0 Å². The lowest BCUT2D eigenvalue weighted by atomic mass is 9.99. The highest BCUT2D eigenvalue weighted by molar-refractivity contribution is 5.98. The van der Waals surface area contributed by atoms with Crippen molar-refractivity contribution in [2.45, 2.75) is 38.1 Å². The van der Waals surface area contributed by atoms with Crippen molar-refractivity contribution >= 4 is 23.5 Å². The van der Waals surface area contributed by atoms with E-state index in [4.69, 9.17) is 9.47 Å². The number of ether oxygens (including phenoxy) is 2. The number of rotatable bonds is 7. The molecule has 2 aliphatic heterocycles. The number of para-hydroxylation sites is 2. The number of piperidine rings is 1. The van der Waals surface area contributed by atoms with Gasteiger partial charge in [0.2, 0.25) is 0 Å². The van der Waals surface area contributed by atoms with Crippen LogP contribution in [0.1, 0.15) is 42.6 Å². The first-order chi connectivity index (χ1) is 15.5. The molecule has 0 radical (unpaired) electrons. The zero-order valence-corrected chi connectivity index (χ0v) is 18.4. The molecule has 2 amide bonds. The molecule has 8 nitrogen and oxygen atoms in total. The molecule has 32 heavy (non-hydrogen) atoms. The number of likely N-dealkylation sites (tertiary alicyclic amines) is 1. The van der Waals surface area contributed by atoms with Crippen LogP contribution in [0.3, 0.4) is 0 Å². The number of aromatic nitrogens is 1. The molecular formula is C24H29N3O5. The molecule has 0 N–H and O–H groups in total. The van der Waals surface area contributed by atoms with Gasteiger partial charge in [0.05, 0.1) is 18.7 Å². The van der Waals surface area contributed by atoms with E-state index in [1.807, 2.05) is 47.0 Å². The largest absolute Gasteiger partial charge is 0.482 e. The third-order valence-corrected chi connectivity index (χ3v) is 6.11. The Kier molecular flexibility index (Phi) is 6.78. The molecule has 0 saturated carbocycles. The molecule has 1 fully saturated rings. The lowest BCUT2D eigenvalue weighted by Gasteiger charge is -2.35. The highest BCUT2D eigenvalue weighted by Gasteiger charge is 2.29. The SMILES string of the molecule is Cn1cccc1C(=O)N1CCCCC1CCOC(=O)CCN1C(=O)COc2ccccc21. The van der Waals surface area contributed by atoms with Crippen LogP contribution in [0.25, 0.3) is 0 Å². The van der Waals surface area contributed by atoms with E-state index in [9.17, 15) is 14.4 Å². The van der Waals surface area contributed by atoms with Gasteiger partial charge < -0.3 is 23.8 Å². The van der Waals surface area contributed by atoms with Crippen LogP contribution in [-0.2, 0) is 21.4 Å². The summed E-state index contributed by atoms with van der Waals surface area (Å²) in [7, 11) is 1.87. The van der Waals surface area contributed by atoms with Crippen LogP contribution in [0.4, 0.5) is 5.69 Å². The van der Waals surface area contributed by atoms with Crippen molar-refractivity contribution in [3.8, 4) is 5.75 Å². The maximum atomic E-state index is 12.9. The Morgan fingerprint density at radius 2 is 2.00 bits per heavy atom. The normalized spacial score (nSPS) is 18.2. The van der Waals surface area contributed by atoms with Gasteiger partial charge in [-0.3, -0.25) is 14.4 Å². The summed E-state index contributed by atoms with van der Waals surface area (Å²) in [5.74, 6) is 0.144. The van der Waals surface area contributed by atoms with Crippen LogP contribution in [0.5, 0.6) is 5.75 Å². The fraction of sp³-hybridized carbons (Fsp3) is 0.458. The van der Waals surface area contributed by atoms with E-state index in [1.54, 1.807) is 17.0 Å². The Bertz CT molecular complexity index is 986. The van der Waals surface area contributed by atoms with Crippen LogP contribution < -0.4 is 9.64 Å². The van der Waals surface area contributed by atoms with Gasteiger partial charge in [0.25, 0.3) is 11.8 Å². The molecule has 8 heteroatoms. The average Bonchev–Trinajstić information content (AvgIpc) is 3.24. The zero-order valence-electron chi connectivity index (χ0n) is 18.4. The molecule has 2 aliphatic rings. The molecule has 1 aromatic heterocycles. The van der Waals surface area contributed by atoms with E-state index in [2.05, 4.69) is 0 Å². The molecule has 0 aliphatic carbocycles. The first kappa shape index (κ1) is 21.9. The summed E-state index contributed by atoms with van der Waals surface area (Å²) >= 11 is 0. The van der Waals surface area contributed by atoms with Crippen molar-refractivity contribution in [3.05, 3.63) is 48.3 Å². The third-order valence-electron chi connectivity index (χ3n) is 6.11. The van der Waals surface area contributed by atoms with E-state index < -0.39 is 0 Å². The molecule has 4 rings (SSSR count). The highest BCUT2D eigenvalue weighted by Crippen LogP contribution is 2.31. The summed E-state index contributed by atoms with van der Waals surface area (Å²) < 4.78 is 12.7. The van der Waals surface area contributed by atoms with Gasteiger partial charge in [0, 0.05) is 38.8 Å². The summed E-state index contributed by atoms with van der Waals surface area (Å²) in [6, 6.07) is 11.0. The van der Waals surface area contributed by atoms with Gasteiger partial charge >= 0.3 is 5.97 Å². The number of carbonyl (C=O) groups is 3. The summed E-state index contributed by atoms with van der Waals surface area (Å²) in [4.78, 5) is 41.0. The third kappa shape index (κ3) is 4.79. The Morgan fingerprint density at radius 3 is 2.81 bits per heavy atom. The van der Waals surface area contributed by atoms with Crippen molar-refractivity contribution in [3.63, 3.8) is 0 Å². The zero-order chi connectivity index (χ0) is 22.5. The Labute approximate surface area is 187 Å². The molecule has 1 unspecified atom stereocenters. The van der Waals surface area contributed by atoms with Gasteiger partial charge in [-0.05, 0) is 43.5 Å². The second kappa shape index (κ2) is 9.89. The van der Waals surface area contributed by atoms with E-state index in [-0.39, 0.29) is 50.0 Å². The standard InChI is InChI=1S/C24H29N3O5/c1-25-13-6-9-20(25)24(30)26-14-5-4-7-18(26)12-16-31-23(29)11-15-27-19-8-2-3-10-21(19)32-17-22(27)28/h2-3,6,8-10,13,18H,4-5,7,11-12,14-17H2,1H3. The number of hydrogen-bond acceptors (Lipinski definition) is 5. The van der Waals surface area contributed by atoms with Gasteiger partial charge in [-0.25, -0.2) is 0 Å². The Hall–Kier alpha value is -3.29. The molecule has 1 atom stereocenters. The number of amides is 2. The van der Waals surface area contributed by atoms with Gasteiger partial charge in [-0.1, -0.05) is 12.1 Å². The predicted octanol–water partition coefficient (Wildman–Crippen LogP) is 2.77. The van der Waals surface area contributed by atoms with Crippen LogP contribution in [-0.4, -0.2) is 59.6 Å². The number of aryl methyl sites for hydroxylation is 1. The van der Waals surface area contributed by atoms with Crippen molar-refractivity contribution < 1.29 is 23.9 Å². The fourth-order valence-electron chi connectivity index (χ4n) is 4.38. The molecule has 0 spiro atoms. The average molecular weight is 440 g/mol. The molecular weight excluding hydrogens is 410 g/mol. The van der Waals surface area contributed by atoms with Gasteiger partial charge in [0.1, 0.15) is 11.4 Å². The van der Waals surface area contributed by atoms with Crippen molar-refractivity contribution in [2.24, 2.45) is 7.05 Å². The topological polar surface area (TPSA) is 81.1 Å². The van der Waals surface area contributed by atoms with E-state index in [1.165, 1.54) is 0 Å². The number of carbonyl (C=O) groups excluding carboxylic acids is 3. The quantitative estimate of drug-likeness (QED) is 0.620. The second-order valence-corrected chi connectivity index (χ2v) is 8.21. The minimum Gasteiger partial charge on any atom is -0.482 e. The first-order valence-corrected chi connectivity index (χ1v) is 11.1. The van der Waals surface area contributed by atoms with Crippen molar-refractivity contribution in [1.82, 2.24) is 9.47 Å². The molecule has 0 bridgehead atoms. The monoisotopic (exact) mass is 439 g/mol. The van der Waals surface area contributed by atoms with E-state index >= 15 is 0 Å². The number of benzene rings is 1. The summed E-state index contributed by atoms with van der Waals surface area (Å²) in [5, 5.41) is 0. The van der Waals surface area contributed by atoms with Crippen LogP contribution in [0, 0.1) is 0 Å². The molecule has 1 aromatic carbocycles. The maximum absolute atomic E-state index is 12.9. The molecule has 2 aromatic rings.